The Balaban J connectivity index is 0. The highest BCUT2D eigenvalue weighted by atomic mass is 16.3. The van der Waals surface area contributed by atoms with Crippen LogP contribution >= 0.6 is 0 Å². The zero-order chi connectivity index (χ0) is 13.7. The van der Waals surface area contributed by atoms with Crippen LogP contribution in [0.25, 0.3) is 0 Å². The van der Waals surface area contributed by atoms with Gasteiger partial charge in [-0.3, -0.25) is 4.79 Å². The van der Waals surface area contributed by atoms with E-state index in [4.69, 9.17) is 0 Å². The van der Waals surface area contributed by atoms with E-state index >= 15 is 0 Å². The number of hydrogen-bond donors (Lipinski definition) is 2. The highest BCUT2D eigenvalue weighted by Crippen LogP contribution is 2.22. The van der Waals surface area contributed by atoms with Gasteiger partial charge in [-0.2, -0.15) is 0 Å². The predicted molar refractivity (Wildman–Crippen MR) is 74.0 cm³/mol. The minimum absolute atomic E-state index is 0.0266. The van der Waals surface area contributed by atoms with Gasteiger partial charge in [0.1, 0.15) is 0 Å². The molecule has 2 atom stereocenters. The van der Waals surface area contributed by atoms with Crippen LogP contribution < -0.4 is 5.32 Å². The minimum atomic E-state index is -0.152. The van der Waals surface area contributed by atoms with Crippen molar-refractivity contribution in [1.29, 1.82) is 0 Å². The zero-order valence-corrected chi connectivity index (χ0v) is 12.3. The van der Waals surface area contributed by atoms with Gasteiger partial charge in [-0.25, -0.2) is 0 Å². The first-order chi connectivity index (χ1) is 8.18. The number of carbonyl (C=O) groups is 1. The van der Waals surface area contributed by atoms with Crippen LogP contribution in [0.1, 0.15) is 66.7 Å². The third-order valence-corrected chi connectivity index (χ3v) is 2.64. The number of hydrogen-bond acceptors (Lipinski definition) is 2. The quantitative estimate of drug-likeness (QED) is 0.734. The second kappa shape index (κ2) is 13.5. The van der Waals surface area contributed by atoms with E-state index in [2.05, 4.69) is 5.32 Å². The molecule has 104 valence electrons. The zero-order valence-electron chi connectivity index (χ0n) is 12.3. The first-order valence-electron chi connectivity index (χ1n) is 7.11. The Morgan fingerprint density at radius 3 is 2.24 bits per heavy atom. The normalized spacial score (nSPS) is 23.2. The van der Waals surface area contributed by atoms with E-state index in [1.807, 2.05) is 27.7 Å². The number of aliphatic hydroxyl groups is 1. The second-order valence-electron chi connectivity index (χ2n) is 3.98. The second-order valence-corrected chi connectivity index (χ2v) is 3.98. The Kier molecular flexibility index (Phi) is 14.9. The minimum Gasteiger partial charge on any atom is -0.393 e. The van der Waals surface area contributed by atoms with Gasteiger partial charge in [-0.05, 0) is 25.2 Å². The van der Waals surface area contributed by atoms with Crippen LogP contribution in [0.2, 0.25) is 0 Å². The maximum absolute atomic E-state index is 10.7. The van der Waals surface area contributed by atoms with E-state index in [0.29, 0.717) is 5.92 Å². The van der Waals surface area contributed by atoms with Crippen LogP contribution in [-0.4, -0.2) is 23.7 Å². The smallest absolute Gasteiger partial charge is 0.216 e. The van der Waals surface area contributed by atoms with Crippen molar-refractivity contribution in [3.05, 3.63) is 0 Å². The Morgan fingerprint density at radius 1 is 1.18 bits per heavy atom. The summed E-state index contributed by atoms with van der Waals surface area (Å²) in [5, 5.41) is 12.3. The Morgan fingerprint density at radius 2 is 1.71 bits per heavy atom. The van der Waals surface area contributed by atoms with Gasteiger partial charge < -0.3 is 10.4 Å². The molecule has 2 unspecified atom stereocenters. The van der Waals surface area contributed by atoms with Crippen molar-refractivity contribution in [2.45, 2.75) is 72.8 Å². The number of rotatable bonds is 2. The van der Waals surface area contributed by atoms with Gasteiger partial charge in [-0.1, -0.05) is 40.5 Å². The molecule has 0 spiro atoms. The molecule has 17 heavy (non-hydrogen) atoms. The van der Waals surface area contributed by atoms with Gasteiger partial charge in [0, 0.05) is 13.5 Å². The molecular formula is C14H31NO2. The summed E-state index contributed by atoms with van der Waals surface area (Å²) in [7, 11) is 0. The van der Waals surface area contributed by atoms with Crippen molar-refractivity contribution in [2.75, 3.05) is 6.54 Å². The summed E-state index contributed by atoms with van der Waals surface area (Å²) in [5.74, 6) is 0.500. The summed E-state index contributed by atoms with van der Waals surface area (Å²) in [5.41, 5.74) is 0. The lowest BCUT2D eigenvalue weighted by Gasteiger charge is -2.16. The van der Waals surface area contributed by atoms with Gasteiger partial charge in [0.25, 0.3) is 0 Å². The van der Waals surface area contributed by atoms with E-state index in [0.717, 1.165) is 32.2 Å². The lowest BCUT2D eigenvalue weighted by Crippen LogP contribution is -2.28. The summed E-state index contributed by atoms with van der Waals surface area (Å²) in [6, 6.07) is 0. The largest absolute Gasteiger partial charge is 0.393 e. The molecule has 0 radical (unpaired) electrons. The van der Waals surface area contributed by atoms with Gasteiger partial charge in [-0.15, -0.1) is 0 Å². The first kappa shape index (κ1) is 18.8. The Labute approximate surface area is 107 Å². The molecule has 3 nitrogen and oxygen atoms in total. The number of amides is 1. The molecule has 1 aliphatic carbocycles. The van der Waals surface area contributed by atoms with E-state index in [-0.39, 0.29) is 12.0 Å². The Bertz CT molecular complexity index is 172. The van der Waals surface area contributed by atoms with Crippen LogP contribution in [0, 0.1) is 5.92 Å². The fourth-order valence-corrected chi connectivity index (χ4v) is 1.91. The van der Waals surface area contributed by atoms with Crippen molar-refractivity contribution in [3.63, 3.8) is 0 Å². The molecule has 1 fully saturated rings. The molecule has 0 aliphatic heterocycles. The van der Waals surface area contributed by atoms with Crippen LogP contribution in [0.4, 0.5) is 0 Å². The average Bonchev–Trinajstić information content (AvgIpc) is 2.56. The molecule has 0 aromatic rings. The maximum Gasteiger partial charge on any atom is 0.216 e. The molecule has 1 amide bonds. The number of nitrogens with one attached hydrogen (secondary N) is 1. The van der Waals surface area contributed by atoms with E-state index in [9.17, 15) is 9.90 Å². The lowest BCUT2D eigenvalue weighted by atomic mass is 9.99. The van der Waals surface area contributed by atoms with E-state index < -0.39 is 0 Å². The summed E-state index contributed by atoms with van der Waals surface area (Å²) < 4.78 is 0. The predicted octanol–water partition coefficient (Wildman–Crippen LogP) is 3.12. The molecule has 2 N–H and O–H groups in total. The fraction of sp³-hybridized carbons (Fsp3) is 0.929. The molecule has 3 heteroatoms. The van der Waals surface area contributed by atoms with Crippen LogP contribution in [0.5, 0.6) is 0 Å². The van der Waals surface area contributed by atoms with Gasteiger partial charge in [0.2, 0.25) is 5.91 Å². The molecule has 0 saturated heterocycles. The molecule has 1 saturated carbocycles. The van der Waals surface area contributed by atoms with Crippen LogP contribution in [0.3, 0.4) is 0 Å². The molecule has 0 aromatic carbocycles. The fourth-order valence-electron chi connectivity index (χ4n) is 1.91. The molecule has 0 aromatic heterocycles. The molecule has 0 bridgehead atoms. The average molecular weight is 245 g/mol. The van der Waals surface area contributed by atoms with E-state index in [1.54, 1.807) is 0 Å². The number of carbonyl (C=O) groups excluding carboxylic acids is 1. The van der Waals surface area contributed by atoms with Gasteiger partial charge in [0.05, 0.1) is 6.10 Å². The molecule has 1 rings (SSSR count). The third kappa shape index (κ3) is 11.7. The third-order valence-electron chi connectivity index (χ3n) is 2.64. The number of aliphatic hydroxyl groups excluding tert-OH is 1. The van der Waals surface area contributed by atoms with Crippen molar-refractivity contribution < 1.29 is 9.90 Å². The SMILES string of the molecule is CC.CC.CC(=O)NCC1CCCCC(O)C1. The summed E-state index contributed by atoms with van der Waals surface area (Å²) in [4.78, 5) is 10.7. The molecular weight excluding hydrogens is 214 g/mol. The monoisotopic (exact) mass is 245 g/mol. The maximum atomic E-state index is 10.7. The highest BCUT2D eigenvalue weighted by molar-refractivity contribution is 5.72. The van der Waals surface area contributed by atoms with Crippen LogP contribution in [-0.2, 0) is 4.79 Å². The molecule has 0 heterocycles. The van der Waals surface area contributed by atoms with Crippen molar-refractivity contribution in [3.8, 4) is 0 Å². The molecule has 1 aliphatic rings. The van der Waals surface area contributed by atoms with Crippen molar-refractivity contribution >= 4 is 5.91 Å². The van der Waals surface area contributed by atoms with Crippen LogP contribution in [0.15, 0.2) is 0 Å². The standard InChI is InChI=1S/C10H19NO2.2C2H6/c1-8(12)11-7-9-4-2-3-5-10(13)6-9;2*1-2/h9-10,13H,2-7H2,1H3,(H,11,12);2*1-2H3. The Hall–Kier alpha value is -0.570. The summed E-state index contributed by atoms with van der Waals surface area (Å²) in [6.45, 7) is 10.3. The first-order valence-corrected chi connectivity index (χ1v) is 7.11. The van der Waals surface area contributed by atoms with Crippen molar-refractivity contribution in [2.24, 2.45) is 5.92 Å². The highest BCUT2D eigenvalue weighted by Gasteiger charge is 2.18. The topological polar surface area (TPSA) is 49.3 Å². The van der Waals surface area contributed by atoms with Gasteiger partial charge in [0.15, 0.2) is 0 Å². The van der Waals surface area contributed by atoms with Crippen molar-refractivity contribution in [1.82, 2.24) is 5.32 Å². The van der Waals surface area contributed by atoms with E-state index in [1.165, 1.54) is 13.3 Å². The van der Waals surface area contributed by atoms with Gasteiger partial charge >= 0.3 is 0 Å². The summed E-state index contributed by atoms with van der Waals surface area (Å²) >= 11 is 0. The summed E-state index contributed by atoms with van der Waals surface area (Å²) in [6.07, 6.45) is 5.06. The lowest BCUT2D eigenvalue weighted by molar-refractivity contribution is -0.119.